The molecular formula is C20H24ClN3O4S2. The van der Waals surface area contributed by atoms with Crippen molar-refractivity contribution in [2.45, 2.75) is 43.2 Å². The topological polar surface area (TPSA) is 95.6 Å². The zero-order valence-electron chi connectivity index (χ0n) is 16.3. The Labute approximate surface area is 185 Å². The van der Waals surface area contributed by atoms with Gasteiger partial charge in [-0.25, -0.2) is 8.42 Å². The van der Waals surface area contributed by atoms with Crippen molar-refractivity contribution in [3.05, 3.63) is 51.7 Å². The van der Waals surface area contributed by atoms with E-state index >= 15 is 0 Å². The third kappa shape index (κ3) is 5.81. The molecule has 3 rings (SSSR count). The van der Waals surface area contributed by atoms with E-state index in [9.17, 15) is 18.0 Å². The van der Waals surface area contributed by atoms with Gasteiger partial charge in [-0.1, -0.05) is 24.1 Å². The van der Waals surface area contributed by atoms with Gasteiger partial charge in [0, 0.05) is 29.0 Å². The highest BCUT2D eigenvalue weighted by atomic mass is 35.5. The molecule has 0 radical (unpaired) electrons. The lowest BCUT2D eigenvalue weighted by Gasteiger charge is -2.34. The fourth-order valence-corrected chi connectivity index (χ4v) is 5.91. The monoisotopic (exact) mass is 469 g/mol. The van der Waals surface area contributed by atoms with Gasteiger partial charge >= 0.3 is 11.8 Å². The van der Waals surface area contributed by atoms with Crippen molar-refractivity contribution in [3.8, 4) is 0 Å². The van der Waals surface area contributed by atoms with Gasteiger partial charge in [-0.05, 0) is 55.0 Å². The van der Waals surface area contributed by atoms with E-state index in [1.54, 1.807) is 12.1 Å². The van der Waals surface area contributed by atoms with Crippen molar-refractivity contribution in [2.24, 2.45) is 0 Å². The van der Waals surface area contributed by atoms with Crippen LogP contribution in [0.25, 0.3) is 0 Å². The number of rotatable bonds is 7. The molecular weight excluding hydrogens is 446 g/mol. The summed E-state index contributed by atoms with van der Waals surface area (Å²) in [6, 6.07) is 9.65. The zero-order chi connectivity index (χ0) is 21.6. The number of nitrogens with zero attached hydrogens (tertiary/aromatic N) is 1. The normalized spacial score (nSPS) is 17.4. The Morgan fingerprint density at radius 1 is 1.10 bits per heavy atom. The lowest BCUT2D eigenvalue weighted by Crippen LogP contribution is -2.46. The first-order chi connectivity index (χ1) is 14.4. The number of halogens is 1. The minimum atomic E-state index is -3.64. The molecule has 162 valence electrons. The second-order valence-corrected chi connectivity index (χ2v) is 10.4. The number of carbonyl (C=O) groups excluding carboxylic acids is 2. The average Bonchev–Trinajstić information content (AvgIpc) is 3.26. The molecule has 0 aliphatic carbocycles. The third-order valence-corrected chi connectivity index (χ3v) is 8.06. The van der Waals surface area contributed by atoms with Crippen LogP contribution in [0.3, 0.4) is 0 Å². The molecule has 0 saturated carbocycles. The standard InChI is InChI=1S/C20H24ClN3O4S2/c21-15-6-8-18(9-7-15)30(27,28)24-12-2-1-4-16(24)10-11-22-19(25)20(26)23-14-17-5-3-13-29-17/h3,5-9,13,16H,1-2,4,10-12,14H2,(H,22,25)(H,23,26)/t16-/m1/s1. The van der Waals surface area contributed by atoms with E-state index in [1.807, 2.05) is 17.5 Å². The van der Waals surface area contributed by atoms with Crippen molar-refractivity contribution >= 4 is 44.8 Å². The van der Waals surface area contributed by atoms with Crippen LogP contribution < -0.4 is 10.6 Å². The average molecular weight is 470 g/mol. The number of sulfonamides is 1. The van der Waals surface area contributed by atoms with Crippen LogP contribution in [0.2, 0.25) is 5.02 Å². The molecule has 1 fully saturated rings. The zero-order valence-corrected chi connectivity index (χ0v) is 18.7. The second kappa shape index (κ2) is 10.4. The Hall–Kier alpha value is -1.94. The van der Waals surface area contributed by atoms with Crippen LogP contribution >= 0.6 is 22.9 Å². The van der Waals surface area contributed by atoms with Crippen molar-refractivity contribution in [3.63, 3.8) is 0 Å². The summed E-state index contributed by atoms with van der Waals surface area (Å²) in [4.78, 5) is 25.1. The van der Waals surface area contributed by atoms with E-state index in [1.165, 1.54) is 27.8 Å². The quantitative estimate of drug-likeness (QED) is 0.609. The predicted octanol–water partition coefficient (Wildman–Crippen LogP) is 2.77. The van der Waals surface area contributed by atoms with Gasteiger partial charge in [-0.3, -0.25) is 9.59 Å². The number of piperidine rings is 1. The van der Waals surface area contributed by atoms with Gasteiger partial charge in [0.15, 0.2) is 0 Å². The maximum Gasteiger partial charge on any atom is 0.309 e. The highest BCUT2D eigenvalue weighted by molar-refractivity contribution is 7.89. The first-order valence-corrected chi connectivity index (χ1v) is 12.4. The van der Waals surface area contributed by atoms with Gasteiger partial charge in [0.2, 0.25) is 10.0 Å². The number of thiophene rings is 1. The molecule has 2 heterocycles. The molecule has 10 heteroatoms. The molecule has 30 heavy (non-hydrogen) atoms. The van der Waals surface area contributed by atoms with Crippen LogP contribution in [-0.2, 0) is 26.2 Å². The largest absolute Gasteiger partial charge is 0.348 e. The fraction of sp³-hybridized carbons (Fsp3) is 0.400. The molecule has 1 aliphatic rings. The lowest BCUT2D eigenvalue weighted by atomic mass is 10.0. The van der Waals surface area contributed by atoms with Gasteiger partial charge in [-0.15, -0.1) is 11.3 Å². The molecule has 1 saturated heterocycles. The Morgan fingerprint density at radius 3 is 2.53 bits per heavy atom. The Balaban J connectivity index is 1.53. The molecule has 2 aromatic rings. The Bertz CT molecular complexity index is 962. The summed E-state index contributed by atoms with van der Waals surface area (Å²) in [6.45, 7) is 0.965. The minimum Gasteiger partial charge on any atom is -0.348 e. The molecule has 1 atom stereocenters. The first kappa shape index (κ1) is 22.7. The molecule has 1 aromatic heterocycles. The van der Waals surface area contributed by atoms with Gasteiger partial charge in [0.05, 0.1) is 11.4 Å². The molecule has 0 bridgehead atoms. The van der Waals surface area contributed by atoms with Crippen molar-refractivity contribution in [1.82, 2.24) is 14.9 Å². The molecule has 2 amide bonds. The summed E-state index contributed by atoms with van der Waals surface area (Å²) in [6.07, 6.45) is 2.87. The van der Waals surface area contributed by atoms with E-state index in [-0.39, 0.29) is 17.5 Å². The Morgan fingerprint density at radius 2 is 1.83 bits per heavy atom. The molecule has 0 spiro atoms. The van der Waals surface area contributed by atoms with Crippen molar-refractivity contribution < 1.29 is 18.0 Å². The molecule has 0 unspecified atom stereocenters. The van der Waals surface area contributed by atoms with E-state index in [4.69, 9.17) is 11.6 Å². The minimum absolute atomic E-state index is 0.204. The summed E-state index contributed by atoms with van der Waals surface area (Å²) in [5.74, 6) is -1.41. The first-order valence-electron chi connectivity index (χ1n) is 9.74. The smallest absolute Gasteiger partial charge is 0.309 e. The number of amides is 2. The maximum atomic E-state index is 13.0. The van der Waals surface area contributed by atoms with Gasteiger partial charge < -0.3 is 10.6 Å². The van der Waals surface area contributed by atoms with Crippen LogP contribution in [0.4, 0.5) is 0 Å². The number of hydrogen-bond donors (Lipinski definition) is 2. The van der Waals surface area contributed by atoms with E-state index in [0.717, 1.165) is 17.7 Å². The maximum absolute atomic E-state index is 13.0. The number of nitrogens with one attached hydrogen (secondary N) is 2. The SMILES string of the molecule is O=C(NCC[C@H]1CCCCN1S(=O)(=O)c1ccc(Cl)cc1)C(=O)NCc1cccs1. The van der Waals surface area contributed by atoms with Crippen LogP contribution in [0.15, 0.2) is 46.7 Å². The van der Waals surface area contributed by atoms with E-state index in [2.05, 4.69) is 10.6 Å². The Kier molecular flexibility index (Phi) is 7.87. The molecule has 7 nitrogen and oxygen atoms in total. The van der Waals surface area contributed by atoms with Crippen LogP contribution in [0.1, 0.15) is 30.6 Å². The third-order valence-electron chi connectivity index (χ3n) is 4.97. The van der Waals surface area contributed by atoms with Gasteiger partial charge in [0.1, 0.15) is 0 Å². The van der Waals surface area contributed by atoms with E-state index in [0.29, 0.717) is 31.0 Å². The summed E-state index contributed by atoms with van der Waals surface area (Å²) in [7, 11) is -3.64. The molecule has 1 aliphatic heterocycles. The second-order valence-electron chi connectivity index (χ2n) is 7.03. The summed E-state index contributed by atoms with van der Waals surface area (Å²) in [5, 5.41) is 7.54. The van der Waals surface area contributed by atoms with Crippen LogP contribution in [0, 0.1) is 0 Å². The highest BCUT2D eigenvalue weighted by Gasteiger charge is 2.33. The lowest BCUT2D eigenvalue weighted by molar-refractivity contribution is -0.139. The van der Waals surface area contributed by atoms with Crippen LogP contribution in [-0.4, -0.2) is 43.7 Å². The number of benzene rings is 1. The predicted molar refractivity (Wildman–Crippen MR) is 117 cm³/mol. The number of carbonyl (C=O) groups is 2. The molecule has 2 N–H and O–H groups in total. The highest BCUT2D eigenvalue weighted by Crippen LogP contribution is 2.27. The van der Waals surface area contributed by atoms with Gasteiger partial charge in [0.25, 0.3) is 0 Å². The van der Waals surface area contributed by atoms with Gasteiger partial charge in [-0.2, -0.15) is 4.31 Å². The summed E-state index contributed by atoms with van der Waals surface area (Å²) < 4.78 is 27.6. The van der Waals surface area contributed by atoms with Crippen molar-refractivity contribution in [1.29, 1.82) is 0 Å². The number of hydrogen-bond acceptors (Lipinski definition) is 5. The fourth-order valence-electron chi connectivity index (χ4n) is 3.41. The van der Waals surface area contributed by atoms with E-state index < -0.39 is 21.8 Å². The molecule has 1 aromatic carbocycles. The summed E-state index contributed by atoms with van der Waals surface area (Å²) in [5.41, 5.74) is 0. The van der Waals surface area contributed by atoms with Crippen LogP contribution in [0.5, 0.6) is 0 Å². The van der Waals surface area contributed by atoms with Crippen molar-refractivity contribution in [2.75, 3.05) is 13.1 Å². The summed E-state index contributed by atoms with van der Waals surface area (Å²) >= 11 is 7.37.